The SMILES string of the molecule is CN1CCC(CNc2ccc(S(=O)(=O)n3ccc4cc(F)ccc43)cc2)CC1. The predicted molar refractivity (Wildman–Crippen MR) is 110 cm³/mol. The van der Waals surface area contributed by atoms with E-state index in [4.69, 9.17) is 0 Å². The highest BCUT2D eigenvalue weighted by molar-refractivity contribution is 7.90. The van der Waals surface area contributed by atoms with Crippen LogP contribution in [-0.4, -0.2) is 44.0 Å². The quantitative estimate of drug-likeness (QED) is 0.707. The van der Waals surface area contributed by atoms with Gasteiger partial charge in [0.1, 0.15) is 5.82 Å². The molecule has 0 unspecified atom stereocenters. The van der Waals surface area contributed by atoms with Crippen LogP contribution in [0.5, 0.6) is 0 Å². The zero-order valence-corrected chi connectivity index (χ0v) is 16.6. The molecular formula is C21H24FN3O2S. The minimum Gasteiger partial charge on any atom is -0.385 e. The number of aromatic nitrogens is 1. The molecule has 148 valence electrons. The molecular weight excluding hydrogens is 377 g/mol. The highest BCUT2D eigenvalue weighted by atomic mass is 32.2. The molecule has 28 heavy (non-hydrogen) atoms. The van der Waals surface area contributed by atoms with Crippen LogP contribution in [0.1, 0.15) is 12.8 Å². The van der Waals surface area contributed by atoms with Crippen LogP contribution in [0.3, 0.4) is 0 Å². The maximum Gasteiger partial charge on any atom is 0.268 e. The molecule has 1 aromatic heterocycles. The molecule has 4 rings (SSSR count). The van der Waals surface area contributed by atoms with E-state index in [9.17, 15) is 12.8 Å². The molecule has 1 aliphatic heterocycles. The first-order valence-electron chi connectivity index (χ1n) is 9.48. The summed E-state index contributed by atoms with van der Waals surface area (Å²) in [4.78, 5) is 2.55. The van der Waals surface area contributed by atoms with Gasteiger partial charge in [-0.2, -0.15) is 0 Å². The molecule has 5 nitrogen and oxygen atoms in total. The molecule has 1 N–H and O–H groups in total. The van der Waals surface area contributed by atoms with Crippen molar-refractivity contribution in [2.24, 2.45) is 5.92 Å². The Balaban J connectivity index is 1.49. The van der Waals surface area contributed by atoms with Gasteiger partial charge in [-0.25, -0.2) is 16.8 Å². The van der Waals surface area contributed by atoms with Gasteiger partial charge >= 0.3 is 0 Å². The largest absolute Gasteiger partial charge is 0.385 e. The summed E-state index contributed by atoms with van der Waals surface area (Å²) < 4.78 is 40.5. The van der Waals surface area contributed by atoms with Crippen LogP contribution < -0.4 is 5.32 Å². The maximum atomic E-state index is 13.4. The Morgan fingerprint density at radius 2 is 1.79 bits per heavy atom. The normalized spacial score (nSPS) is 16.5. The highest BCUT2D eigenvalue weighted by Gasteiger charge is 2.19. The molecule has 0 amide bonds. The summed E-state index contributed by atoms with van der Waals surface area (Å²) in [5.41, 5.74) is 1.38. The van der Waals surface area contributed by atoms with Gasteiger partial charge in [-0.1, -0.05) is 0 Å². The second-order valence-corrected chi connectivity index (χ2v) is 9.29. The van der Waals surface area contributed by atoms with Gasteiger partial charge < -0.3 is 10.2 Å². The lowest BCUT2D eigenvalue weighted by Gasteiger charge is -2.29. The first-order valence-corrected chi connectivity index (χ1v) is 10.9. The minimum atomic E-state index is -3.73. The minimum absolute atomic E-state index is 0.208. The molecule has 1 aliphatic rings. The molecule has 0 radical (unpaired) electrons. The van der Waals surface area contributed by atoms with E-state index < -0.39 is 10.0 Å². The zero-order chi connectivity index (χ0) is 19.7. The van der Waals surface area contributed by atoms with Crippen LogP contribution in [0.2, 0.25) is 0 Å². The van der Waals surface area contributed by atoms with E-state index in [1.807, 2.05) is 0 Å². The smallest absolute Gasteiger partial charge is 0.268 e. The summed E-state index contributed by atoms with van der Waals surface area (Å²) in [6.07, 6.45) is 3.82. The molecule has 1 saturated heterocycles. The van der Waals surface area contributed by atoms with Crippen molar-refractivity contribution in [2.45, 2.75) is 17.7 Å². The zero-order valence-electron chi connectivity index (χ0n) is 15.8. The first-order chi connectivity index (χ1) is 13.4. The third-order valence-electron chi connectivity index (χ3n) is 5.46. The van der Waals surface area contributed by atoms with E-state index >= 15 is 0 Å². The second kappa shape index (κ2) is 7.56. The summed E-state index contributed by atoms with van der Waals surface area (Å²) in [7, 11) is -1.59. The van der Waals surface area contributed by atoms with Crippen LogP contribution in [0.25, 0.3) is 10.9 Å². The van der Waals surface area contributed by atoms with E-state index in [-0.39, 0.29) is 10.7 Å². The van der Waals surface area contributed by atoms with Crippen LogP contribution in [-0.2, 0) is 10.0 Å². The second-order valence-electron chi connectivity index (χ2n) is 7.47. The van der Waals surface area contributed by atoms with Crippen LogP contribution >= 0.6 is 0 Å². The van der Waals surface area contributed by atoms with Crippen molar-refractivity contribution in [3.8, 4) is 0 Å². The number of hydrogen-bond acceptors (Lipinski definition) is 4. The van der Waals surface area contributed by atoms with E-state index in [0.29, 0.717) is 16.8 Å². The van der Waals surface area contributed by atoms with Crippen LogP contribution in [0.15, 0.2) is 59.6 Å². The molecule has 3 aromatic rings. The Kier molecular flexibility index (Phi) is 5.12. The van der Waals surface area contributed by atoms with Crippen molar-refractivity contribution in [3.63, 3.8) is 0 Å². The fraction of sp³-hybridized carbons (Fsp3) is 0.333. The van der Waals surface area contributed by atoms with E-state index in [1.54, 1.807) is 30.3 Å². The Bertz CT molecular complexity index is 1070. The summed E-state index contributed by atoms with van der Waals surface area (Å²) >= 11 is 0. The van der Waals surface area contributed by atoms with Gasteiger partial charge in [-0.15, -0.1) is 0 Å². The summed E-state index contributed by atoms with van der Waals surface area (Å²) in [6, 6.07) is 12.5. The average Bonchev–Trinajstić information content (AvgIpc) is 3.12. The number of nitrogens with one attached hydrogen (secondary N) is 1. The van der Waals surface area contributed by atoms with E-state index in [2.05, 4.69) is 17.3 Å². The van der Waals surface area contributed by atoms with Gasteiger partial charge in [0.05, 0.1) is 10.4 Å². The van der Waals surface area contributed by atoms with Gasteiger partial charge in [0.2, 0.25) is 0 Å². The van der Waals surface area contributed by atoms with E-state index in [1.165, 1.54) is 41.2 Å². The van der Waals surface area contributed by atoms with Crippen LogP contribution in [0, 0.1) is 11.7 Å². The maximum absolute atomic E-state index is 13.4. The Morgan fingerprint density at radius 3 is 2.50 bits per heavy atom. The highest BCUT2D eigenvalue weighted by Crippen LogP contribution is 2.24. The number of hydrogen-bond donors (Lipinski definition) is 1. The van der Waals surface area contributed by atoms with Crippen molar-refractivity contribution in [3.05, 3.63) is 60.5 Å². The van der Waals surface area contributed by atoms with Crippen LogP contribution in [0.4, 0.5) is 10.1 Å². The lowest BCUT2D eigenvalue weighted by molar-refractivity contribution is 0.226. The number of rotatable bonds is 5. The molecule has 0 saturated carbocycles. The van der Waals surface area contributed by atoms with Gasteiger partial charge in [0.25, 0.3) is 10.0 Å². The number of likely N-dealkylation sites (tertiary alicyclic amines) is 1. The summed E-state index contributed by atoms with van der Waals surface area (Å²) in [5.74, 6) is 0.258. The fourth-order valence-corrected chi connectivity index (χ4v) is 5.04. The van der Waals surface area contributed by atoms with Gasteiger partial charge in [-0.3, -0.25) is 0 Å². The molecule has 7 heteroatoms. The third-order valence-corrected chi connectivity index (χ3v) is 7.16. The number of benzene rings is 2. The van der Waals surface area contributed by atoms with Crippen molar-refractivity contribution in [1.82, 2.24) is 8.87 Å². The molecule has 1 fully saturated rings. The number of anilines is 1. The lowest BCUT2D eigenvalue weighted by atomic mass is 9.97. The number of nitrogens with zero attached hydrogens (tertiary/aromatic N) is 2. The molecule has 0 aliphatic carbocycles. The first kappa shape index (κ1) is 19.0. The number of piperidine rings is 1. The summed E-state index contributed by atoms with van der Waals surface area (Å²) in [6.45, 7) is 3.14. The Hall–Kier alpha value is -2.38. The van der Waals surface area contributed by atoms with E-state index in [0.717, 1.165) is 25.3 Å². The van der Waals surface area contributed by atoms with Gasteiger partial charge in [0.15, 0.2) is 0 Å². The standard InChI is InChI=1S/C21H24FN3O2S/c1-24-11-8-16(9-12-24)15-23-19-3-5-20(6-4-19)28(26,27)25-13-10-17-14-18(22)2-7-21(17)25/h2-7,10,13-14,16,23H,8-9,11-12,15H2,1H3. The van der Waals surface area contributed by atoms with Crippen molar-refractivity contribution in [2.75, 3.05) is 32.0 Å². The van der Waals surface area contributed by atoms with Gasteiger partial charge in [0, 0.05) is 23.8 Å². The van der Waals surface area contributed by atoms with Gasteiger partial charge in [-0.05, 0) is 87.4 Å². The molecule has 0 spiro atoms. The predicted octanol–water partition coefficient (Wildman–Crippen LogP) is 3.77. The number of fused-ring (bicyclic) bond motifs is 1. The molecule has 0 atom stereocenters. The van der Waals surface area contributed by atoms with Crippen molar-refractivity contribution >= 4 is 26.6 Å². The summed E-state index contributed by atoms with van der Waals surface area (Å²) in [5, 5.41) is 3.97. The molecule has 2 heterocycles. The topological polar surface area (TPSA) is 54.3 Å². The number of halogens is 1. The average molecular weight is 402 g/mol. The van der Waals surface area contributed by atoms with Crippen molar-refractivity contribution < 1.29 is 12.8 Å². The Labute approximate surface area is 164 Å². The molecule has 2 aromatic carbocycles. The third kappa shape index (κ3) is 3.77. The van der Waals surface area contributed by atoms with Crippen molar-refractivity contribution in [1.29, 1.82) is 0 Å². The monoisotopic (exact) mass is 401 g/mol. The molecule has 0 bridgehead atoms. The lowest BCUT2D eigenvalue weighted by Crippen LogP contribution is -2.32. The Morgan fingerprint density at radius 1 is 1.07 bits per heavy atom. The fourth-order valence-electron chi connectivity index (χ4n) is 3.68.